The second-order valence-corrected chi connectivity index (χ2v) is 5.56. The molecule has 1 N–H and O–H groups in total. The quantitative estimate of drug-likeness (QED) is 0.820. The van der Waals surface area contributed by atoms with Gasteiger partial charge in [0, 0.05) is 5.39 Å². The van der Waals surface area contributed by atoms with Crippen molar-refractivity contribution in [3.05, 3.63) is 21.4 Å². The van der Waals surface area contributed by atoms with Crippen molar-refractivity contribution in [1.82, 2.24) is 0 Å². The minimum Gasteiger partial charge on any atom is -0.477 e. The highest BCUT2D eigenvalue weighted by Gasteiger charge is 2.17. The standard InChI is InChI=1S/C10H8O3S2/c1-4-6-3-7(5(2)11)14-10(6)15-8(4)9(12)13/h3H,1-2H3,(H,12,13). The van der Waals surface area contributed by atoms with Crippen LogP contribution >= 0.6 is 22.7 Å². The Morgan fingerprint density at radius 1 is 1.33 bits per heavy atom. The molecule has 0 spiro atoms. The molecule has 2 heterocycles. The van der Waals surface area contributed by atoms with Crippen molar-refractivity contribution in [2.75, 3.05) is 0 Å². The van der Waals surface area contributed by atoms with E-state index in [-0.39, 0.29) is 5.78 Å². The van der Waals surface area contributed by atoms with Gasteiger partial charge >= 0.3 is 5.97 Å². The average molecular weight is 240 g/mol. The van der Waals surface area contributed by atoms with Crippen LogP contribution in [0, 0.1) is 6.92 Å². The van der Waals surface area contributed by atoms with E-state index in [9.17, 15) is 9.59 Å². The number of hydrogen-bond acceptors (Lipinski definition) is 4. The first-order chi connectivity index (χ1) is 7.00. The van der Waals surface area contributed by atoms with Crippen LogP contribution in [0.25, 0.3) is 9.40 Å². The number of hydrogen-bond donors (Lipinski definition) is 1. The van der Waals surface area contributed by atoms with E-state index >= 15 is 0 Å². The number of rotatable bonds is 2. The number of carboxylic acids is 1. The minimum atomic E-state index is -0.898. The Morgan fingerprint density at radius 3 is 2.47 bits per heavy atom. The summed E-state index contributed by atoms with van der Waals surface area (Å²) < 4.78 is 0.912. The fourth-order valence-electron chi connectivity index (χ4n) is 1.38. The SMILES string of the molecule is CC(=O)c1cc2c(C)c(C(=O)O)sc2s1. The van der Waals surface area contributed by atoms with Crippen LogP contribution in [0.2, 0.25) is 0 Å². The summed E-state index contributed by atoms with van der Waals surface area (Å²) >= 11 is 2.60. The summed E-state index contributed by atoms with van der Waals surface area (Å²) in [7, 11) is 0. The lowest BCUT2D eigenvalue weighted by molar-refractivity contribution is 0.0701. The smallest absolute Gasteiger partial charge is 0.346 e. The van der Waals surface area contributed by atoms with E-state index < -0.39 is 5.97 Å². The predicted molar refractivity (Wildman–Crippen MR) is 61.4 cm³/mol. The molecule has 0 saturated carbocycles. The van der Waals surface area contributed by atoms with E-state index in [4.69, 9.17) is 5.11 Å². The average Bonchev–Trinajstić information content (AvgIpc) is 2.65. The van der Waals surface area contributed by atoms with Gasteiger partial charge in [-0.3, -0.25) is 4.79 Å². The lowest BCUT2D eigenvalue weighted by Gasteiger charge is -1.90. The molecule has 0 fully saturated rings. The molecule has 0 saturated heterocycles. The zero-order valence-electron chi connectivity index (χ0n) is 8.16. The van der Waals surface area contributed by atoms with Crippen LogP contribution in [0.3, 0.4) is 0 Å². The molecule has 0 aromatic carbocycles. The van der Waals surface area contributed by atoms with Crippen molar-refractivity contribution in [1.29, 1.82) is 0 Å². The van der Waals surface area contributed by atoms with Gasteiger partial charge in [0.25, 0.3) is 0 Å². The number of thiophene rings is 2. The zero-order chi connectivity index (χ0) is 11.2. The van der Waals surface area contributed by atoms with Crippen LogP contribution in [-0.2, 0) is 0 Å². The van der Waals surface area contributed by atoms with Gasteiger partial charge in [-0.1, -0.05) is 0 Å². The van der Waals surface area contributed by atoms with Gasteiger partial charge in [-0.15, -0.1) is 22.7 Å². The maximum absolute atomic E-state index is 11.1. The maximum atomic E-state index is 11.1. The minimum absolute atomic E-state index is 0.0275. The third-order valence-corrected chi connectivity index (χ3v) is 4.80. The number of carbonyl (C=O) groups excluding carboxylic acids is 1. The number of Topliss-reactive ketones (excluding diaryl/α,β-unsaturated/α-hetero) is 1. The molecule has 0 unspecified atom stereocenters. The normalized spacial score (nSPS) is 10.8. The number of ketones is 1. The predicted octanol–water partition coefficient (Wildman–Crippen LogP) is 3.17. The van der Waals surface area contributed by atoms with Crippen molar-refractivity contribution in [2.24, 2.45) is 0 Å². The second kappa shape index (κ2) is 3.43. The molecule has 0 amide bonds. The molecule has 0 bridgehead atoms. The van der Waals surface area contributed by atoms with Crippen LogP contribution in [0.15, 0.2) is 6.07 Å². The molecule has 3 nitrogen and oxygen atoms in total. The summed E-state index contributed by atoms with van der Waals surface area (Å²) in [5.41, 5.74) is 0.756. The van der Waals surface area contributed by atoms with E-state index in [1.807, 2.05) is 0 Å². The van der Waals surface area contributed by atoms with Gasteiger partial charge in [0.1, 0.15) is 4.88 Å². The third kappa shape index (κ3) is 1.57. The first-order valence-electron chi connectivity index (χ1n) is 4.28. The summed E-state index contributed by atoms with van der Waals surface area (Å²) in [4.78, 5) is 23.1. The van der Waals surface area contributed by atoms with Gasteiger partial charge in [-0.2, -0.15) is 0 Å². The fraction of sp³-hybridized carbons (Fsp3) is 0.200. The van der Waals surface area contributed by atoms with Crippen LogP contribution in [-0.4, -0.2) is 16.9 Å². The molecule has 78 valence electrons. The summed E-state index contributed by atoms with van der Waals surface area (Å²) in [6, 6.07) is 1.78. The molecule has 0 atom stereocenters. The van der Waals surface area contributed by atoms with Gasteiger partial charge in [-0.05, 0) is 25.5 Å². The molecule has 0 radical (unpaired) electrons. The van der Waals surface area contributed by atoms with E-state index in [0.717, 1.165) is 15.0 Å². The largest absolute Gasteiger partial charge is 0.477 e. The van der Waals surface area contributed by atoms with Gasteiger partial charge in [0.15, 0.2) is 5.78 Å². The molecule has 5 heteroatoms. The Balaban J connectivity index is 2.67. The first-order valence-corrected chi connectivity index (χ1v) is 5.91. The topological polar surface area (TPSA) is 54.4 Å². The van der Waals surface area contributed by atoms with Crippen LogP contribution in [0.1, 0.15) is 31.8 Å². The van der Waals surface area contributed by atoms with Gasteiger partial charge in [-0.25, -0.2) is 4.79 Å². The number of aryl methyl sites for hydroxylation is 1. The molecule has 2 aromatic heterocycles. The number of carbonyl (C=O) groups is 2. The number of aromatic carboxylic acids is 1. The van der Waals surface area contributed by atoms with Crippen molar-refractivity contribution >= 4 is 43.8 Å². The summed E-state index contributed by atoms with van der Waals surface area (Å²) in [6.45, 7) is 3.29. The van der Waals surface area contributed by atoms with Gasteiger partial charge in [0.2, 0.25) is 0 Å². The summed E-state index contributed by atoms with van der Waals surface area (Å²) in [6.07, 6.45) is 0. The first kappa shape index (κ1) is 10.3. The monoisotopic (exact) mass is 240 g/mol. The Labute approximate surface area is 94.0 Å². The van der Waals surface area contributed by atoms with Crippen LogP contribution in [0.5, 0.6) is 0 Å². The van der Waals surface area contributed by atoms with Crippen LogP contribution < -0.4 is 0 Å². The Morgan fingerprint density at radius 2 is 2.00 bits per heavy atom. The van der Waals surface area contributed by atoms with Gasteiger partial charge < -0.3 is 5.11 Å². The molecule has 0 aliphatic rings. The van der Waals surface area contributed by atoms with Gasteiger partial charge in [0.05, 0.1) is 8.89 Å². The van der Waals surface area contributed by atoms with Crippen molar-refractivity contribution < 1.29 is 14.7 Å². The molecular formula is C10H8O3S2. The Bertz CT molecular complexity index is 562. The molecule has 2 aromatic rings. The van der Waals surface area contributed by atoms with E-state index in [2.05, 4.69) is 0 Å². The molecule has 15 heavy (non-hydrogen) atoms. The summed E-state index contributed by atoms with van der Waals surface area (Å²) in [5.74, 6) is -0.870. The zero-order valence-corrected chi connectivity index (χ0v) is 9.79. The lowest BCUT2D eigenvalue weighted by atomic mass is 10.2. The third-order valence-electron chi connectivity index (χ3n) is 2.18. The van der Waals surface area contributed by atoms with Crippen molar-refractivity contribution in [3.8, 4) is 0 Å². The summed E-state index contributed by atoms with van der Waals surface area (Å²) in [5, 5.41) is 9.81. The highest BCUT2D eigenvalue weighted by Crippen LogP contribution is 2.37. The van der Waals surface area contributed by atoms with E-state index in [1.165, 1.54) is 29.6 Å². The van der Waals surface area contributed by atoms with E-state index in [0.29, 0.717) is 9.75 Å². The number of carboxylic acid groups (broad SMARTS) is 1. The molecular weight excluding hydrogens is 232 g/mol. The van der Waals surface area contributed by atoms with E-state index in [1.54, 1.807) is 13.0 Å². The van der Waals surface area contributed by atoms with Crippen molar-refractivity contribution in [2.45, 2.75) is 13.8 Å². The fourth-order valence-corrected chi connectivity index (χ4v) is 3.77. The molecule has 0 aliphatic heterocycles. The highest BCUT2D eigenvalue weighted by atomic mass is 32.2. The second-order valence-electron chi connectivity index (χ2n) is 3.23. The number of fused-ring (bicyclic) bond motifs is 1. The maximum Gasteiger partial charge on any atom is 0.346 e. The van der Waals surface area contributed by atoms with Crippen molar-refractivity contribution in [3.63, 3.8) is 0 Å². The Hall–Kier alpha value is -1.20. The molecule has 2 rings (SSSR count). The Kier molecular flexibility index (Phi) is 2.36. The molecule has 0 aliphatic carbocycles. The lowest BCUT2D eigenvalue weighted by Crippen LogP contribution is -1.93. The highest BCUT2D eigenvalue weighted by molar-refractivity contribution is 7.39. The van der Waals surface area contributed by atoms with Crippen LogP contribution in [0.4, 0.5) is 0 Å².